The lowest BCUT2D eigenvalue weighted by atomic mass is 10.1. The van der Waals surface area contributed by atoms with E-state index in [-0.39, 0.29) is 5.70 Å². The first kappa shape index (κ1) is 22.2. The van der Waals surface area contributed by atoms with Gasteiger partial charge in [-0.25, -0.2) is 9.79 Å². The predicted octanol–water partition coefficient (Wildman–Crippen LogP) is 7.05. The molecule has 156 valence electrons. The van der Waals surface area contributed by atoms with Crippen molar-refractivity contribution in [3.05, 3.63) is 101 Å². The molecule has 4 rings (SSSR count). The van der Waals surface area contributed by atoms with Crippen molar-refractivity contribution < 1.29 is 14.3 Å². The number of carbonyl (C=O) groups excluding carboxylic acids is 1. The Morgan fingerprint density at radius 3 is 2.32 bits per heavy atom. The van der Waals surface area contributed by atoms with Crippen LogP contribution >= 0.6 is 54.5 Å². The summed E-state index contributed by atoms with van der Waals surface area (Å²) in [6.07, 6.45) is 1.70. The second-order valence-corrected chi connectivity index (χ2v) is 9.89. The fourth-order valence-electron chi connectivity index (χ4n) is 2.92. The number of carbonyl (C=O) groups is 1. The van der Waals surface area contributed by atoms with E-state index in [9.17, 15) is 4.79 Å². The van der Waals surface area contributed by atoms with Crippen LogP contribution in [-0.4, -0.2) is 11.9 Å². The van der Waals surface area contributed by atoms with Gasteiger partial charge in [0.05, 0.1) is 8.95 Å². The summed E-state index contributed by atoms with van der Waals surface area (Å²) in [5, 5.41) is 0. The van der Waals surface area contributed by atoms with Gasteiger partial charge in [-0.2, -0.15) is 0 Å². The zero-order valence-electron chi connectivity index (χ0n) is 16.4. The number of esters is 1. The van der Waals surface area contributed by atoms with E-state index in [1.807, 2.05) is 67.6 Å². The average molecular weight is 653 g/mol. The third-order valence-corrected chi connectivity index (χ3v) is 6.44. The highest BCUT2D eigenvalue weighted by Crippen LogP contribution is 2.36. The second kappa shape index (κ2) is 9.67. The van der Waals surface area contributed by atoms with Gasteiger partial charge in [0.2, 0.25) is 5.90 Å². The van der Waals surface area contributed by atoms with Crippen molar-refractivity contribution >= 4 is 72.4 Å². The van der Waals surface area contributed by atoms with Crippen LogP contribution in [0, 0.1) is 10.5 Å². The van der Waals surface area contributed by atoms with Gasteiger partial charge in [-0.15, -0.1) is 0 Å². The number of rotatable bonds is 5. The Morgan fingerprint density at radius 2 is 1.68 bits per heavy atom. The van der Waals surface area contributed by atoms with Crippen molar-refractivity contribution in [1.82, 2.24) is 0 Å². The average Bonchev–Trinajstić information content (AvgIpc) is 3.09. The van der Waals surface area contributed by atoms with Crippen molar-refractivity contribution in [2.75, 3.05) is 0 Å². The Bertz CT molecular complexity index is 1180. The normalized spacial score (nSPS) is 14.5. The SMILES string of the molecule is Cc1ccc(C2=N/C(=C\c3cc(Br)c(OCc4ccc(I)cc4)c(Br)c3)C(=O)O2)cc1. The van der Waals surface area contributed by atoms with Crippen LogP contribution in [0.5, 0.6) is 5.75 Å². The van der Waals surface area contributed by atoms with Crippen LogP contribution in [0.4, 0.5) is 0 Å². The number of nitrogens with zero attached hydrogens (tertiary/aromatic N) is 1. The number of cyclic esters (lactones) is 1. The van der Waals surface area contributed by atoms with E-state index in [2.05, 4.69) is 59.4 Å². The van der Waals surface area contributed by atoms with E-state index < -0.39 is 5.97 Å². The lowest BCUT2D eigenvalue weighted by molar-refractivity contribution is -0.129. The first-order chi connectivity index (χ1) is 14.9. The molecular weight excluding hydrogens is 637 g/mol. The third-order valence-electron chi connectivity index (χ3n) is 4.54. The van der Waals surface area contributed by atoms with Gasteiger partial charge in [-0.05, 0) is 115 Å². The first-order valence-electron chi connectivity index (χ1n) is 9.35. The van der Waals surface area contributed by atoms with Crippen LogP contribution in [0.1, 0.15) is 22.3 Å². The molecule has 0 saturated carbocycles. The van der Waals surface area contributed by atoms with E-state index >= 15 is 0 Å². The fourth-order valence-corrected chi connectivity index (χ4v) is 4.73. The summed E-state index contributed by atoms with van der Waals surface area (Å²) < 4.78 is 14.1. The molecule has 1 aliphatic rings. The molecule has 0 fully saturated rings. The topological polar surface area (TPSA) is 47.9 Å². The van der Waals surface area contributed by atoms with Gasteiger partial charge < -0.3 is 9.47 Å². The Kier molecular flexibility index (Phi) is 6.93. The summed E-state index contributed by atoms with van der Waals surface area (Å²) in [7, 11) is 0. The molecule has 7 heteroatoms. The quantitative estimate of drug-likeness (QED) is 0.169. The number of benzene rings is 3. The van der Waals surface area contributed by atoms with Gasteiger partial charge in [-0.1, -0.05) is 29.8 Å². The highest BCUT2D eigenvalue weighted by Gasteiger charge is 2.24. The molecule has 0 aliphatic carbocycles. The minimum Gasteiger partial charge on any atom is -0.487 e. The smallest absolute Gasteiger partial charge is 0.363 e. The molecule has 4 nitrogen and oxygen atoms in total. The summed E-state index contributed by atoms with van der Waals surface area (Å²) >= 11 is 9.41. The minimum absolute atomic E-state index is 0.252. The summed E-state index contributed by atoms with van der Waals surface area (Å²) in [6.45, 7) is 2.45. The Hall–Kier alpha value is -1.97. The van der Waals surface area contributed by atoms with Crippen molar-refractivity contribution in [3.8, 4) is 5.75 Å². The van der Waals surface area contributed by atoms with Gasteiger partial charge in [0.25, 0.3) is 0 Å². The lowest BCUT2D eigenvalue weighted by Gasteiger charge is -2.11. The van der Waals surface area contributed by atoms with Crippen molar-refractivity contribution in [2.24, 2.45) is 4.99 Å². The molecular formula is C24H16Br2INO3. The number of halogens is 3. The highest BCUT2D eigenvalue weighted by molar-refractivity contribution is 14.1. The molecule has 0 amide bonds. The monoisotopic (exact) mass is 651 g/mol. The maximum Gasteiger partial charge on any atom is 0.363 e. The van der Waals surface area contributed by atoms with E-state index in [1.54, 1.807) is 6.08 Å². The van der Waals surface area contributed by atoms with Gasteiger partial charge in [0.15, 0.2) is 5.70 Å². The zero-order chi connectivity index (χ0) is 22.0. The van der Waals surface area contributed by atoms with Crippen LogP contribution in [0.3, 0.4) is 0 Å². The molecule has 1 heterocycles. The number of aliphatic imine (C=N–C) groups is 1. The Balaban J connectivity index is 1.54. The molecule has 0 bridgehead atoms. The fraction of sp³-hybridized carbons (Fsp3) is 0.0833. The molecule has 3 aromatic rings. The van der Waals surface area contributed by atoms with Gasteiger partial charge in [-0.3, -0.25) is 0 Å². The van der Waals surface area contributed by atoms with E-state index in [4.69, 9.17) is 9.47 Å². The molecule has 0 N–H and O–H groups in total. The predicted molar refractivity (Wildman–Crippen MR) is 137 cm³/mol. The number of ether oxygens (including phenoxy) is 2. The zero-order valence-corrected chi connectivity index (χ0v) is 21.7. The molecule has 0 unspecified atom stereocenters. The van der Waals surface area contributed by atoms with Gasteiger partial charge in [0.1, 0.15) is 12.4 Å². The molecule has 0 saturated heterocycles. The van der Waals surface area contributed by atoms with E-state index in [1.165, 1.54) is 3.57 Å². The first-order valence-corrected chi connectivity index (χ1v) is 12.0. The summed E-state index contributed by atoms with van der Waals surface area (Å²) in [6, 6.07) is 19.6. The van der Waals surface area contributed by atoms with Gasteiger partial charge >= 0.3 is 5.97 Å². The number of aryl methyl sites for hydroxylation is 1. The lowest BCUT2D eigenvalue weighted by Crippen LogP contribution is -2.05. The van der Waals surface area contributed by atoms with Crippen molar-refractivity contribution in [2.45, 2.75) is 13.5 Å². The largest absolute Gasteiger partial charge is 0.487 e. The van der Waals surface area contributed by atoms with Crippen LogP contribution in [0.15, 0.2) is 80.3 Å². The van der Waals surface area contributed by atoms with Crippen LogP contribution in [-0.2, 0) is 16.1 Å². The molecule has 0 atom stereocenters. The van der Waals surface area contributed by atoms with Crippen LogP contribution in [0.25, 0.3) is 6.08 Å². The minimum atomic E-state index is -0.471. The molecule has 31 heavy (non-hydrogen) atoms. The van der Waals surface area contributed by atoms with Crippen molar-refractivity contribution in [3.63, 3.8) is 0 Å². The standard InChI is InChI=1S/C24H16Br2INO3/c1-14-2-6-17(7-3-14)23-28-21(24(29)31-23)12-16-10-19(25)22(20(26)11-16)30-13-15-4-8-18(27)9-5-15/h2-12H,13H2,1H3/b21-12-. The summed E-state index contributed by atoms with van der Waals surface area (Å²) in [4.78, 5) is 16.7. The maximum absolute atomic E-state index is 12.3. The van der Waals surface area contributed by atoms with Crippen molar-refractivity contribution in [1.29, 1.82) is 0 Å². The molecule has 1 aliphatic heterocycles. The van der Waals surface area contributed by atoms with Crippen LogP contribution in [0.2, 0.25) is 0 Å². The van der Waals surface area contributed by atoms with E-state index in [0.717, 1.165) is 31.2 Å². The van der Waals surface area contributed by atoms with Gasteiger partial charge in [0, 0.05) is 9.13 Å². The maximum atomic E-state index is 12.3. The number of hydrogen-bond acceptors (Lipinski definition) is 4. The molecule has 0 radical (unpaired) electrons. The second-order valence-electron chi connectivity index (χ2n) is 6.93. The Morgan fingerprint density at radius 1 is 1.03 bits per heavy atom. The highest BCUT2D eigenvalue weighted by atomic mass is 127. The summed E-state index contributed by atoms with van der Waals surface area (Å²) in [5.74, 6) is 0.534. The third kappa shape index (κ3) is 5.45. The van der Waals surface area contributed by atoms with Crippen LogP contribution < -0.4 is 4.74 Å². The molecule has 0 aromatic heterocycles. The Labute approximate surface area is 210 Å². The summed E-state index contributed by atoms with van der Waals surface area (Å²) in [5.41, 5.74) is 4.02. The van der Waals surface area contributed by atoms with E-state index in [0.29, 0.717) is 18.3 Å². The molecule has 0 spiro atoms. The molecule has 3 aromatic carbocycles. The number of hydrogen-bond donors (Lipinski definition) is 0.